The lowest BCUT2D eigenvalue weighted by Crippen LogP contribution is -2.34. The van der Waals surface area contributed by atoms with Crippen molar-refractivity contribution in [3.05, 3.63) is 29.3 Å². The molecular formula is C16H22BrNO. The molecule has 1 aliphatic heterocycles. The lowest BCUT2D eigenvalue weighted by molar-refractivity contribution is -0.118. The zero-order valence-electron chi connectivity index (χ0n) is 11.8. The average Bonchev–Trinajstić information content (AvgIpc) is 2.45. The number of alkyl halides is 1. The van der Waals surface area contributed by atoms with Crippen LogP contribution in [-0.2, 0) is 17.6 Å². The van der Waals surface area contributed by atoms with E-state index in [0.29, 0.717) is 11.2 Å². The van der Waals surface area contributed by atoms with E-state index in [2.05, 4.69) is 41.1 Å². The van der Waals surface area contributed by atoms with Crippen LogP contribution in [0.1, 0.15) is 44.2 Å². The zero-order chi connectivity index (χ0) is 13.8. The van der Waals surface area contributed by atoms with Crippen molar-refractivity contribution in [1.29, 1.82) is 0 Å². The van der Waals surface area contributed by atoms with E-state index in [1.165, 1.54) is 11.1 Å². The zero-order valence-corrected chi connectivity index (χ0v) is 13.4. The lowest BCUT2D eigenvalue weighted by atomic mass is 9.97. The largest absolute Gasteiger partial charge is 0.312 e. The number of anilines is 1. The molecule has 0 fully saturated rings. The van der Waals surface area contributed by atoms with E-state index < -0.39 is 0 Å². The van der Waals surface area contributed by atoms with Crippen molar-refractivity contribution in [1.82, 2.24) is 0 Å². The van der Waals surface area contributed by atoms with Crippen molar-refractivity contribution in [2.45, 2.75) is 50.8 Å². The van der Waals surface area contributed by atoms with E-state index in [1.807, 2.05) is 11.8 Å². The molecule has 2 nitrogen and oxygen atoms in total. The molecule has 1 heterocycles. The summed E-state index contributed by atoms with van der Waals surface area (Å²) in [5, 5.41) is 0. The van der Waals surface area contributed by atoms with Crippen LogP contribution in [-0.4, -0.2) is 17.3 Å². The second-order valence-electron chi connectivity index (χ2n) is 5.18. The minimum absolute atomic E-state index is 0.237. The molecule has 104 valence electrons. The number of fused-ring (bicyclic) bond motifs is 1. The Bertz CT molecular complexity index is 458. The highest BCUT2D eigenvalue weighted by Gasteiger charge is 2.21. The number of hydrogen-bond donors (Lipinski definition) is 0. The third-order valence-corrected chi connectivity index (χ3v) is 4.74. The predicted octanol–water partition coefficient (Wildman–Crippen LogP) is 4.09. The number of amides is 1. The number of carbonyl (C=O) groups excluding carboxylic acids is 1. The molecule has 0 aromatic heterocycles. The molecule has 19 heavy (non-hydrogen) atoms. The summed E-state index contributed by atoms with van der Waals surface area (Å²) in [5.41, 5.74) is 3.83. The molecule has 0 spiro atoms. The average molecular weight is 324 g/mol. The Morgan fingerprint density at radius 2 is 2.21 bits per heavy atom. The van der Waals surface area contributed by atoms with E-state index in [-0.39, 0.29) is 5.91 Å². The highest BCUT2D eigenvalue weighted by atomic mass is 79.9. The van der Waals surface area contributed by atoms with Gasteiger partial charge in [-0.2, -0.15) is 0 Å². The first-order chi connectivity index (χ1) is 9.15. The first-order valence-electron chi connectivity index (χ1n) is 7.22. The van der Waals surface area contributed by atoms with Crippen molar-refractivity contribution in [2.75, 3.05) is 11.4 Å². The van der Waals surface area contributed by atoms with Crippen molar-refractivity contribution >= 4 is 27.5 Å². The third kappa shape index (κ3) is 3.38. The molecule has 0 saturated heterocycles. The molecule has 0 aliphatic carbocycles. The Morgan fingerprint density at radius 1 is 1.42 bits per heavy atom. The summed E-state index contributed by atoms with van der Waals surface area (Å²) in [6, 6.07) is 6.59. The summed E-state index contributed by atoms with van der Waals surface area (Å²) in [6.07, 6.45) is 4.95. The van der Waals surface area contributed by atoms with Gasteiger partial charge in [0.15, 0.2) is 0 Å². The van der Waals surface area contributed by atoms with Crippen molar-refractivity contribution in [2.24, 2.45) is 0 Å². The summed E-state index contributed by atoms with van der Waals surface area (Å²) in [7, 11) is 0. The van der Waals surface area contributed by atoms with Gasteiger partial charge in [0.05, 0.1) is 0 Å². The third-order valence-electron chi connectivity index (χ3n) is 3.77. The first kappa shape index (κ1) is 14.6. The van der Waals surface area contributed by atoms with Gasteiger partial charge in [-0.25, -0.2) is 0 Å². The van der Waals surface area contributed by atoms with Crippen molar-refractivity contribution in [3.8, 4) is 0 Å². The Morgan fingerprint density at radius 3 is 2.89 bits per heavy atom. The second-order valence-corrected chi connectivity index (χ2v) is 6.47. The van der Waals surface area contributed by atoms with Crippen LogP contribution in [0.5, 0.6) is 0 Å². The van der Waals surface area contributed by atoms with Crippen LogP contribution < -0.4 is 4.90 Å². The molecule has 1 aromatic carbocycles. The maximum Gasteiger partial charge on any atom is 0.226 e. The van der Waals surface area contributed by atoms with E-state index in [9.17, 15) is 4.79 Å². The fourth-order valence-corrected chi connectivity index (χ4v) is 3.00. The van der Waals surface area contributed by atoms with Crippen LogP contribution in [0, 0.1) is 0 Å². The molecule has 1 aliphatic rings. The Balaban J connectivity index is 2.23. The van der Waals surface area contributed by atoms with Gasteiger partial charge in [0.25, 0.3) is 0 Å². The van der Waals surface area contributed by atoms with E-state index in [0.717, 1.165) is 37.9 Å². The number of carbonyl (C=O) groups is 1. The highest BCUT2D eigenvalue weighted by molar-refractivity contribution is 9.09. The topological polar surface area (TPSA) is 20.3 Å². The minimum Gasteiger partial charge on any atom is -0.312 e. The normalized spacial score (nSPS) is 16.1. The van der Waals surface area contributed by atoms with Gasteiger partial charge >= 0.3 is 0 Å². The maximum atomic E-state index is 12.0. The van der Waals surface area contributed by atoms with Gasteiger partial charge < -0.3 is 4.90 Å². The van der Waals surface area contributed by atoms with E-state index in [4.69, 9.17) is 0 Å². The number of rotatable bonds is 4. The molecule has 1 aromatic rings. The molecule has 0 saturated carbocycles. The van der Waals surface area contributed by atoms with Gasteiger partial charge in [0.2, 0.25) is 5.91 Å². The van der Waals surface area contributed by atoms with E-state index in [1.54, 1.807) is 0 Å². The van der Waals surface area contributed by atoms with Crippen molar-refractivity contribution in [3.63, 3.8) is 0 Å². The van der Waals surface area contributed by atoms with Gasteiger partial charge in [-0.1, -0.05) is 41.9 Å². The standard InChI is InChI=1S/C16H22BrNO/c1-3-14(17)11-12-7-8-15-13(10-12)6-5-9-18(15)16(19)4-2/h7-8,10,14H,3-6,9,11H2,1-2H3. The summed E-state index contributed by atoms with van der Waals surface area (Å²) < 4.78 is 0. The quantitative estimate of drug-likeness (QED) is 0.764. The Labute approximate surface area is 124 Å². The van der Waals surface area contributed by atoms with Gasteiger partial charge in [-0.15, -0.1) is 0 Å². The number of nitrogens with zero attached hydrogens (tertiary/aromatic N) is 1. The SMILES string of the molecule is CCC(=O)N1CCCc2cc(CC(Br)CC)ccc21. The first-order valence-corrected chi connectivity index (χ1v) is 8.13. The van der Waals surface area contributed by atoms with Gasteiger partial charge in [-0.05, 0) is 42.9 Å². The summed E-state index contributed by atoms with van der Waals surface area (Å²) in [6.45, 7) is 5.00. The summed E-state index contributed by atoms with van der Waals surface area (Å²) in [5.74, 6) is 0.237. The minimum atomic E-state index is 0.237. The smallest absolute Gasteiger partial charge is 0.226 e. The lowest BCUT2D eigenvalue weighted by Gasteiger charge is -2.29. The van der Waals surface area contributed by atoms with Crippen LogP contribution in [0.4, 0.5) is 5.69 Å². The predicted molar refractivity (Wildman–Crippen MR) is 84.1 cm³/mol. The number of hydrogen-bond acceptors (Lipinski definition) is 1. The van der Waals surface area contributed by atoms with Crippen LogP contribution >= 0.6 is 15.9 Å². The van der Waals surface area contributed by atoms with Crippen molar-refractivity contribution < 1.29 is 4.79 Å². The molecule has 1 amide bonds. The molecule has 0 bridgehead atoms. The molecule has 3 heteroatoms. The van der Waals surface area contributed by atoms with Crippen LogP contribution in [0.25, 0.3) is 0 Å². The molecule has 0 N–H and O–H groups in total. The molecular weight excluding hydrogens is 302 g/mol. The molecule has 2 rings (SSSR count). The Hall–Kier alpha value is -0.830. The van der Waals surface area contributed by atoms with Gasteiger partial charge in [0, 0.05) is 23.5 Å². The van der Waals surface area contributed by atoms with Crippen LogP contribution in [0.15, 0.2) is 18.2 Å². The number of aryl methyl sites for hydroxylation is 1. The molecule has 0 radical (unpaired) electrons. The Kier molecular flexibility index (Phi) is 5.03. The second kappa shape index (κ2) is 6.56. The molecule has 1 unspecified atom stereocenters. The van der Waals surface area contributed by atoms with Crippen LogP contribution in [0.3, 0.4) is 0 Å². The van der Waals surface area contributed by atoms with E-state index >= 15 is 0 Å². The van der Waals surface area contributed by atoms with Gasteiger partial charge in [-0.3, -0.25) is 4.79 Å². The highest BCUT2D eigenvalue weighted by Crippen LogP contribution is 2.29. The maximum absolute atomic E-state index is 12.0. The monoisotopic (exact) mass is 323 g/mol. The summed E-state index contributed by atoms with van der Waals surface area (Å²) in [4.78, 5) is 14.5. The fourth-order valence-electron chi connectivity index (χ4n) is 2.63. The number of benzene rings is 1. The fraction of sp³-hybridized carbons (Fsp3) is 0.562. The van der Waals surface area contributed by atoms with Crippen LogP contribution in [0.2, 0.25) is 0 Å². The summed E-state index contributed by atoms with van der Waals surface area (Å²) >= 11 is 3.69. The molecule has 1 atom stereocenters. The van der Waals surface area contributed by atoms with Gasteiger partial charge in [0.1, 0.15) is 0 Å². The number of halogens is 1.